The number of carbonyl (C=O) groups is 9. The van der Waals surface area contributed by atoms with E-state index in [-0.39, 0.29) is 36.2 Å². The number of aliphatic hydroxyl groups excluding tert-OH is 2. The zero-order valence-electron chi connectivity index (χ0n) is 55.6. The fourth-order valence-corrected chi connectivity index (χ4v) is 11.1. The van der Waals surface area contributed by atoms with E-state index in [4.69, 9.17) is 30.8 Å². The summed E-state index contributed by atoms with van der Waals surface area (Å²) in [6, 6.07) is 27.0. The molecular formula is C71H98N6O15. The molecule has 0 aliphatic heterocycles. The summed E-state index contributed by atoms with van der Waals surface area (Å²) >= 11 is 0. The highest BCUT2D eigenvalue weighted by atomic mass is 16.6. The summed E-state index contributed by atoms with van der Waals surface area (Å²) in [5.41, 5.74) is 17.2. The number of nitrogens with two attached hydrogens (primary N) is 2. The van der Waals surface area contributed by atoms with E-state index < -0.39 is 119 Å². The fourth-order valence-electron chi connectivity index (χ4n) is 11.1. The summed E-state index contributed by atoms with van der Waals surface area (Å²) in [4.78, 5) is 112. The molecule has 21 nitrogen and oxygen atoms in total. The quantitative estimate of drug-likeness (QED) is 0.0269. The van der Waals surface area contributed by atoms with E-state index in [1.807, 2.05) is 86.6 Å². The number of hydrogen-bond donors (Lipinski definition) is 9. The second-order valence-electron chi connectivity index (χ2n) is 28.3. The van der Waals surface area contributed by atoms with Crippen LogP contribution in [-0.2, 0) is 65.4 Å². The van der Waals surface area contributed by atoms with Crippen LogP contribution in [0.1, 0.15) is 173 Å². The van der Waals surface area contributed by atoms with E-state index in [0.29, 0.717) is 32.1 Å². The number of alkyl carbamates (subject to hydrolysis) is 1. The molecule has 7 rings (SSSR count). The predicted molar refractivity (Wildman–Crippen MR) is 349 cm³/mol. The van der Waals surface area contributed by atoms with Crippen molar-refractivity contribution in [3.8, 4) is 11.1 Å². The summed E-state index contributed by atoms with van der Waals surface area (Å²) in [6.45, 7) is 21.1. The van der Waals surface area contributed by atoms with Crippen LogP contribution in [0.3, 0.4) is 0 Å². The van der Waals surface area contributed by atoms with Crippen molar-refractivity contribution in [2.45, 2.75) is 212 Å². The third-order valence-electron chi connectivity index (χ3n) is 16.9. The first-order valence-corrected chi connectivity index (χ1v) is 31.5. The topological polar surface area (TPSA) is 342 Å². The number of rotatable bonds is 22. The highest BCUT2D eigenvalue weighted by molar-refractivity contribution is 5.97. The van der Waals surface area contributed by atoms with Gasteiger partial charge in [-0.05, 0) is 157 Å². The first-order chi connectivity index (χ1) is 42.9. The molecule has 3 aliphatic rings. The van der Waals surface area contributed by atoms with Crippen molar-refractivity contribution in [1.29, 1.82) is 0 Å². The van der Waals surface area contributed by atoms with Gasteiger partial charge in [-0.3, -0.25) is 33.6 Å². The third kappa shape index (κ3) is 22.8. The average molecular weight is 1280 g/mol. The van der Waals surface area contributed by atoms with Crippen molar-refractivity contribution in [3.63, 3.8) is 0 Å². The Morgan fingerprint density at radius 1 is 0.554 bits per heavy atom. The maximum Gasteiger partial charge on any atom is 0.408 e. The summed E-state index contributed by atoms with van der Waals surface area (Å²) in [5.74, 6) is -5.41. The van der Waals surface area contributed by atoms with E-state index in [1.165, 1.54) is 0 Å². The Hall–Kier alpha value is -7.85. The van der Waals surface area contributed by atoms with Gasteiger partial charge in [-0.15, -0.1) is 0 Å². The molecule has 92 heavy (non-hydrogen) atoms. The highest BCUT2D eigenvalue weighted by Gasteiger charge is 2.46. The molecular weight excluding hydrogens is 1180 g/mol. The zero-order chi connectivity index (χ0) is 68.6. The molecule has 502 valence electrons. The average Bonchev–Trinajstić information content (AvgIpc) is 1.56. The van der Waals surface area contributed by atoms with Crippen LogP contribution < -0.4 is 32.7 Å². The lowest BCUT2D eigenvalue weighted by Gasteiger charge is -2.40. The molecule has 0 saturated heterocycles. The lowest BCUT2D eigenvalue weighted by molar-refractivity contribution is -0.157. The minimum atomic E-state index is -1.30. The lowest BCUT2D eigenvalue weighted by Crippen LogP contribution is -2.61. The first kappa shape index (κ1) is 74.9. The summed E-state index contributed by atoms with van der Waals surface area (Å²) in [5, 5.41) is 38.7. The van der Waals surface area contributed by atoms with Crippen LogP contribution in [0.15, 0.2) is 97.1 Å². The minimum absolute atomic E-state index is 0.0424. The maximum absolute atomic E-state index is 13.4. The molecule has 4 atom stereocenters. The number of hydrogen-bond acceptors (Lipinski definition) is 16. The van der Waals surface area contributed by atoms with Crippen molar-refractivity contribution in [1.82, 2.24) is 21.3 Å². The van der Waals surface area contributed by atoms with Gasteiger partial charge in [0.2, 0.25) is 17.7 Å². The molecule has 11 N–H and O–H groups in total. The number of ether oxygens (including phenoxy) is 3. The molecule has 2 saturated carbocycles. The number of aliphatic hydroxyl groups is 2. The van der Waals surface area contributed by atoms with Gasteiger partial charge in [-0.2, -0.15) is 0 Å². The Morgan fingerprint density at radius 2 is 0.957 bits per heavy atom. The number of aliphatic carboxylic acids is 1. The monoisotopic (exact) mass is 1270 g/mol. The molecule has 4 amide bonds. The van der Waals surface area contributed by atoms with E-state index in [0.717, 1.165) is 70.2 Å². The highest BCUT2D eigenvalue weighted by Crippen LogP contribution is 2.45. The Kier molecular flexibility index (Phi) is 26.2. The number of fused-ring (bicyclic) bond motifs is 3. The third-order valence-corrected chi connectivity index (χ3v) is 16.9. The molecule has 21 heteroatoms. The van der Waals surface area contributed by atoms with E-state index >= 15 is 0 Å². The SMILES string of the molecule is CC1(C)CCC(NC(=O)OCC2c3ccccc3-c3ccccc32)(C(=O)O)CC1.Cc1ccc(C[C@@H](N)C(=O)N[C@@H](CC(=O)OC(C)(C)C)C(=O)CO)cc1.Cc1ccc(C[C@@H](NC(=O)C2(N)CCC(C)(C)CC2)C(=O)N[C@@H](CC(=O)OC(C)(C)C)C(=O)CO)cc1. The molecule has 4 aromatic carbocycles. The maximum atomic E-state index is 13.4. The van der Waals surface area contributed by atoms with Crippen LogP contribution in [0.4, 0.5) is 4.79 Å². The van der Waals surface area contributed by atoms with Crippen LogP contribution >= 0.6 is 0 Å². The fraction of sp³-hybridized carbons (Fsp3) is 0.535. The number of Topliss-reactive ketones (excluding diaryl/α,β-unsaturated/α-hetero) is 2. The van der Waals surface area contributed by atoms with Gasteiger partial charge in [0.25, 0.3) is 0 Å². The van der Waals surface area contributed by atoms with Crippen LogP contribution in [0.2, 0.25) is 0 Å². The van der Waals surface area contributed by atoms with Gasteiger partial charge >= 0.3 is 24.0 Å². The minimum Gasteiger partial charge on any atom is -0.480 e. The van der Waals surface area contributed by atoms with Crippen molar-refractivity contribution < 1.29 is 72.7 Å². The zero-order valence-corrected chi connectivity index (χ0v) is 55.6. The smallest absolute Gasteiger partial charge is 0.408 e. The number of aryl methyl sites for hydroxylation is 2. The second-order valence-corrected chi connectivity index (χ2v) is 28.3. The van der Waals surface area contributed by atoms with Gasteiger partial charge in [-0.25, -0.2) is 9.59 Å². The first-order valence-electron chi connectivity index (χ1n) is 31.5. The number of ketones is 2. The normalized spacial score (nSPS) is 17.2. The van der Waals surface area contributed by atoms with Crippen LogP contribution in [0.25, 0.3) is 11.1 Å². The Bertz CT molecular complexity index is 3170. The predicted octanol–water partition coefficient (Wildman–Crippen LogP) is 7.69. The number of carbonyl (C=O) groups excluding carboxylic acids is 8. The molecule has 4 aromatic rings. The van der Waals surface area contributed by atoms with Gasteiger partial charge in [-0.1, -0.05) is 136 Å². The molecule has 0 aromatic heterocycles. The van der Waals surface area contributed by atoms with E-state index in [2.05, 4.69) is 73.2 Å². The van der Waals surface area contributed by atoms with Crippen LogP contribution in [0, 0.1) is 24.7 Å². The number of esters is 2. The number of carboxylic acid groups (broad SMARTS) is 1. The van der Waals surface area contributed by atoms with Crippen molar-refractivity contribution >= 4 is 53.3 Å². The number of amides is 4. The second kappa shape index (κ2) is 32.1. The van der Waals surface area contributed by atoms with Gasteiger partial charge < -0.3 is 62.3 Å². The van der Waals surface area contributed by atoms with Crippen LogP contribution in [0.5, 0.6) is 0 Å². The van der Waals surface area contributed by atoms with Crippen molar-refractivity contribution in [2.24, 2.45) is 22.3 Å². The number of benzene rings is 4. The largest absolute Gasteiger partial charge is 0.480 e. The number of nitrogens with one attached hydrogen (secondary N) is 4. The van der Waals surface area contributed by atoms with Gasteiger partial charge in [0.15, 0.2) is 11.6 Å². The summed E-state index contributed by atoms with van der Waals surface area (Å²) in [7, 11) is 0. The molecule has 0 heterocycles. The Labute approximate surface area is 541 Å². The summed E-state index contributed by atoms with van der Waals surface area (Å²) in [6.07, 6.45) is 3.89. The molecule has 0 unspecified atom stereocenters. The van der Waals surface area contributed by atoms with Gasteiger partial charge in [0.05, 0.1) is 24.4 Å². The Morgan fingerprint density at radius 3 is 1.37 bits per heavy atom. The van der Waals surface area contributed by atoms with E-state index in [1.54, 1.807) is 41.5 Å². The molecule has 0 bridgehead atoms. The molecule has 0 radical (unpaired) electrons. The lowest BCUT2D eigenvalue weighted by atomic mass is 9.69. The van der Waals surface area contributed by atoms with Crippen molar-refractivity contribution in [2.75, 3.05) is 19.8 Å². The molecule has 2 fully saturated rings. The number of carboxylic acids is 1. The van der Waals surface area contributed by atoms with Gasteiger partial charge in [0, 0.05) is 12.3 Å². The molecule has 3 aliphatic carbocycles. The van der Waals surface area contributed by atoms with E-state index in [9.17, 15) is 53.4 Å². The standard InChI is InChI=1S/C28H43N3O6.C24H27NO4.C19H28N2O5/c1-18-7-9-19(10-8-18)15-21(31-25(36)28(29)13-11-27(5,6)12-14-28)24(35)30-20(22(33)17-32)16-23(34)37-26(2,3)4;1-23(2)11-13-24(14-12-23,21(26)27)25-22(28)29-15-20-18-9-5-3-7-16(18)17-8-4-6-10-19(17)20;1-12-5-7-13(8-6-12)9-14(20)18(25)21-15(16(23)11-22)10-17(24)26-19(2,3)4/h7-10,20-21,32H,11-17,29H2,1-6H3,(H,30,35)(H,31,36);3-10,20H,11-15H2,1-2H3,(H,25,28)(H,26,27);5-8,14-15,22H,9-11,20H2,1-4H3,(H,21,25)/t20-,21+;;14-,15+/m0.1/s1. The van der Waals surface area contributed by atoms with Crippen molar-refractivity contribution in [3.05, 3.63) is 130 Å². The van der Waals surface area contributed by atoms with Gasteiger partial charge in [0.1, 0.15) is 54.7 Å². The summed E-state index contributed by atoms with van der Waals surface area (Å²) < 4.78 is 16.0. The Balaban J connectivity index is 0.000000255. The molecule has 0 spiro atoms. The van der Waals surface area contributed by atoms with Crippen LogP contribution in [-0.4, -0.2) is 135 Å².